The Hall–Kier alpha value is -3.85. The first-order valence-electron chi connectivity index (χ1n) is 14.9. The van der Waals surface area contributed by atoms with Gasteiger partial charge in [0, 0.05) is 13.2 Å². The van der Waals surface area contributed by atoms with Gasteiger partial charge in [0.15, 0.2) is 29.4 Å². The summed E-state index contributed by atoms with van der Waals surface area (Å²) >= 11 is 0. The molecule has 0 amide bonds. The number of aromatic nitrogens is 6. The molecule has 0 bridgehead atoms. The van der Waals surface area contributed by atoms with Gasteiger partial charge in [-0.2, -0.15) is 9.97 Å². The molecule has 52 heavy (non-hydrogen) atoms. The van der Waals surface area contributed by atoms with Gasteiger partial charge in [0.2, 0.25) is 11.9 Å². The van der Waals surface area contributed by atoms with Crippen molar-refractivity contribution < 1.29 is 66.9 Å². The van der Waals surface area contributed by atoms with Gasteiger partial charge >= 0.3 is 15.6 Å². The number of nitrogens with one attached hydrogen (secondary N) is 3. The van der Waals surface area contributed by atoms with Gasteiger partial charge in [0.1, 0.15) is 42.3 Å². The van der Waals surface area contributed by atoms with Gasteiger partial charge in [-0.15, -0.1) is 0 Å². The minimum absolute atomic E-state index is 0.0674. The maximum atomic E-state index is 12.4. The summed E-state index contributed by atoms with van der Waals surface area (Å²) in [5, 5.41) is 44.8. The predicted octanol–water partition coefficient (Wildman–Crippen LogP) is -3.61. The Bertz CT molecular complexity index is 1980. The minimum Gasteiger partial charge on any atom is -0.387 e. The summed E-state index contributed by atoms with van der Waals surface area (Å²) in [5.41, 5.74) is 9.62. The van der Waals surface area contributed by atoms with Crippen molar-refractivity contribution in [2.24, 2.45) is 0 Å². The lowest BCUT2D eigenvalue weighted by Crippen LogP contribution is -2.42. The Kier molecular flexibility index (Phi) is 11.8. The third-order valence-electron chi connectivity index (χ3n) is 7.68. The predicted molar refractivity (Wildman–Crippen MR) is 174 cm³/mol. The van der Waals surface area contributed by atoms with E-state index in [1.54, 1.807) is 0 Å². The molecule has 13 N–H and O–H groups in total. The van der Waals surface area contributed by atoms with Gasteiger partial charge in [0.25, 0.3) is 11.1 Å². The molecule has 3 aromatic heterocycles. The molecule has 0 aromatic carbocycles. The summed E-state index contributed by atoms with van der Waals surface area (Å²) in [4.78, 5) is 62.0. The zero-order chi connectivity index (χ0) is 38.1. The SMILES string of the molecule is C=CN(c1nc(N)[nH]c(=O)c1NC)C1O[C@H](COP(=O)(O)OCCOP(=O)(O)OCC2OC(n3cnc4c(=O)[nH]c(N)nc43)[C@H](O)[C@@H]2O)C(O)C1O. The smallest absolute Gasteiger partial charge is 0.387 e. The van der Waals surface area contributed by atoms with Gasteiger partial charge in [-0.05, 0) is 0 Å². The second-order valence-corrected chi connectivity index (χ2v) is 14.0. The molecule has 28 heteroatoms. The molecule has 0 aliphatic carbocycles. The number of ether oxygens (including phenoxy) is 2. The monoisotopic (exact) mass is 782 g/mol. The fourth-order valence-corrected chi connectivity index (χ4v) is 6.67. The van der Waals surface area contributed by atoms with E-state index in [0.717, 1.165) is 22.0 Å². The van der Waals surface area contributed by atoms with E-state index in [9.17, 15) is 48.9 Å². The van der Waals surface area contributed by atoms with Crippen molar-refractivity contribution in [3.8, 4) is 0 Å². The summed E-state index contributed by atoms with van der Waals surface area (Å²) in [6.07, 6.45) is -9.92. The number of rotatable bonds is 16. The van der Waals surface area contributed by atoms with Crippen LogP contribution >= 0.6 is 15.6 Å². The number of phosphoric acid groups is 2. The third kappa shape index (κ3) is 8.35. The number of hydrogen-bond acceptors (Lipinski definition) is 21. The Balaban J connectivity index is 1.08. The van der Waals surface area contributed by atoms with Gasteiger partial charge < -0.3 is 61.4 Å². The number of aliphatic hydroxyl groups excluding tert-OH is 4. The first kappa shape index (κ1) is 39.4. The lowest BCUT2D eigenvalue weighted by Gasteiger charge is -2.29. The number of fused-ring (bicyclic) bond motifs is 1. The Morgan fingerprint density at radius 2 is 1.48 bits per heavy atom. The number of aromatic amines is 2. The lowest BCUT2D eigenvalue weighted by atomic mass is 10.1. The van der Waals surface area contributed by atoms with Crippen LogP contribution in [-0.4, -0.2) is 136 Å². The molecule has 0 spiro atoms. The van der Waals surface area contributed by atoms with Crippen molar-refractivity contribution in [2.45, 2.75) is 49.1 Å². The number of aliphatic hydroxyl groups is 4. The molecule has 288 valence electrons. The normalized spacial score (nSPS) is 28.4. The Morgan fingerprint density at radius 1 is 0.923 bits per heavy atom. The third-order valence-corrected chi connectivity index (χ3v) is 9.65. The lowest BCUT2D eigenvalue weighted by molar-refractivity contribution is -0.0517. The van der Waals surface area contributed by atoms with Crippen LogP contribution in [-0.2, 0) is 36.7 Å². The minimum atomic E-state index is -4.92. The van der Waals surface area contributed by atoms with Crippen molar-refractivity contribution >= 4 is 50.2 Å². The molecule has 0 radical (unpaired) electrons. The summed E-state index contributed by atoms with van der Waals surface area (Å²) < 4.78 is 56.3. The number of hydrogen-bond donors (Lipinski definition) is 11. The zero-order valence-corrected chi connectivity index (χ0v) is 28.6. The fraction of sp³-hybridized carbons (Fsp3) is 0.542. The van der Waals surface area contributed by atoms with Crippen LogP contribution in [0.25, 0.3) is 11.2 Å². The first-order valence-corrected chi connectivity index (χ1v) is 17.9. The second-order valence-electron chi connectivity index (χ2n) is 11.1. The van der Waals surface area contributed by atoms with Gasteiger partial charge in [-0.25, -0.2) is 14.1 Å². The molecule has 26 nitrogen and oxygen atoms in total. The molecule has 10 atom stereocenters. The highest BCUT2D eigenvalue weighted by Crippen LogP contribution is 2.47. The van der Waals surface area contributed by atoms with Crippen LogP contribution in [0.15, 0.2) is 28.7 Å². The molecule has 0 saturated carbocycles. The highest BCUT2D eigenvalue weighted by Gasteiger charge is 2.48. The number of nitrogen functional groups attached to an aromatic ring is 2. The maximum Gasteiger partial charge on any atom is 0.472 e. The number of nitrogens with zero attached hydrogens (tertiary/aromatic N) is 5. The average Bonchev–Trinajstić information content (AvgIpc) is 3.71. The summed E-state index contributed by atoms with van der Waals surface area (Å²) in [6, 6.07) is 0. The standard InChI is InChI=1S/C24H36N10O16P2/c1-3-33(17-11(27-2)19(39)31-23(25)29-17)21-15(37)13(35)9(49-21)6-47-51(41,42)45-4-5-46-52(43,44)48-7-10-14(36)16(38)22(50-10)34-8-28-12-18(34)30-24(26)32-20(12)40/h3,8-10,13-16,21-22,27,35-38H,1,4-7H2,2H3,(H,41,42)(H,43,44)(H3,25,29,31,39)(H3,26,30,32,40)/t9-,10?,13?,14-,15?,16-,21?,22?/m1/s1. The van der Waals surface area contributed by atoms with Crippen LogP contribution in [0.1, 0.15) is 6.23 Å². The van der Waals surface area contributed by atoms with E-state index in [1.807, 2.05) is 0 Å². The van der Waals surface area contributed by atoms with Crippen molar-refractivity contribution in [3.05, 3.63) is 39.8 Å². The molecule has 7 unspecified atom stereocenters. The van der Waals surface area contributed by atoms with E-state index < -0.39 is 102 Å². The zero-order valence-electron chi connectivity index (χ0n) is 26.9. The van der Waals surface area contributed by atoms with Gasteiger partial charge in [0.05, 0.1) is 32.8 Å². The Labute approximate surface area is 290 Å². The number of nitrogens with two attached hydrogens (primary N) is 2. The molecule has 2 aliphatic heterocycles. The number of imidazole rings is 1. The number of H-pyrrole nitrogens is 2. The summed E-state index contributed by atoms with van der Waals surface area (Å²) in [5.74, 6) is -0.635. The van der Waals surface area contributed by atoms with Gasteiger partial charge in [-0.1, -0.05) is 6.58 Å². The highest BCUT2D eigenvalue weighted by molar-refractivity contribution is 7.47. The van der Waals surface area contributed by atoms with Crippen molar-refractivity contribution in [1.29, 1.82) is 0 Å². The van der Waals surface area contributed by atoms with E-state index in [2.05, 4.69) is 36.8 Å². The van der Waals surface area contributed by atoms with Gasteiger partial charge in [-0.3, -0.25) is 42.2 Å². The molecular formula is C24H36N10O16P2. The fourth-order valence-electron chi connectivity index (χ4n) is 5.24. The van der Waals surface area contributed by atoms with Crippen LogP contribution in [0, 0.1) is 0 Å². The largest absolute Gasteiger partial charge is 0.472 e. The van der Waals surface area contributed by atoms with E-state index in [4.69, 9.17) is 39.0 Å². The van der Waals surface area contributed by atoms with Crippen LogP contribution < -0.4 is 32.8 Å². The molecule has 5 rings (SSSR count). The Morgan fingerprint density at radius 3 is 2.08 bits per heavy atom. The quantitative estimate of drug-likeness (QED) is 0.0493. The summed E-state index contributed by atoms with van der Waals surface area (Å²) in [7, 11) is -8.39. The van der Waals surface area contributed by atoms with Crippen molar-refractivity contribution in [1.82, 2.24) is 29.5 Å². The average molecular weight is 783 g/mol. The molecule has 3 aromatic rings. The second kappa shape index (κ2) is 15.6. The van der Waals surface area contributed by atoms with Crippen LogP contribution in [0.5, 0.6) is 0 Å². The highest BCUT2D eigenvalue weighted by atomic mass is 31.2. The topological polar surface area (TPSA) is 388 Å². The van der Waals surface area contributed by atoms with E-state index in [0.29, 0.717) is 0 Å². The maximum absolute atomic E-state index is 12.4. The molecular weight excluding hydrogens is 746 g/mol. The number of anilines is 4. The van der Waals surface area contributed by atoms with E-state index >= 15 is 0 Å². The van der Waals surface area contributed by atoms with E-state index in [1.165, 1.54) is 7.05 Å². The molecule has 2 aliphatic rings. The van der Waals surface area contributed by atoms with Crippen molar-refractivity contribution in [3.63, 3.8) is 0 Å². The van der Waals surface area contributed by atoms with Crippen LogP contribution in [0.3, 0.4) is 0 Å². The molecule has 2 fully saturated rings. The molecule has 2 saturated heterocycles. The van der Waals surface area contributed by atoms with Crippen molar-refractivity contribution in [2.75, 3.05) is 55.2 Å². The molecule has 5 heterocycles. The number of phosphoric ester groups is 2. The summed E-state index contributed by atoms with van der Waals surface area (Å²) in [6.45, 7) is 0.436. The van der Waals surface area contributed by atoms with Crippen LogP contribution in [0.4, 0.5) is 23.4 Å². The first-order chi connectivity index (χ1) is 24.5. The van der Waals surface area contributed by atoms with Crippen LogP contribution in [0.2, 0.25) is 0 Å². The van der Waals surface area contributed by atoms with E-state index in [-0.39, 0.29) is 34.6 Å².